The summed E-state index contributed by atoms with van der Waals surface area (Å²) in [6.07, 6.45) is 2.97. The number of amides is 1. The van der Waals surface area contributed by atoms with Gasteiger partial charge in [-0.3, -0.25) is 9.78 Å². The number of rotatable bonds is 4. The molecular weight excluding hydrogens is 304 g/mol. The minimum atomic E-state index is -0.533. The van der Waals surface area contributed by atoms with Crippen LogP contribution in [0.2, 0.25) is 0 Å². The van der Waals surface area contributed by atoms with Gasteiger partial charge in [0.1, 0.15) is 6.07 Å². The van der Waals surface area contributed by atoms with E-state index in [0.29, 0.717) is 22.5 Å². The van der Waals surface area contributed by atoms with E-state index in [1.54, 1.807) is 16.6 Å². The summed E-state index contributed by atoms with van der Waals surface area (Å²) in [5.41, 5.74) is 9.09. The normalized spacial score (nSPS) is 10.8. The number of aromatic nitrogens is 3. The third-order valence-corrected chi connectivity index (χ3v) is 3.51. The van der Waals surface area contributed by atoms with Crippen LogP contribution in [0.15, 0.2) is 36.7 Å². The van der Waals surface area contributed by atoms with E-state index in [9.17, 15) is 4.79 Å². The number of nitrogens with one attached hydrogen (secondary N) is 1. The Hall–Kier alpha value is -3.40. The summed E-state index contributed by atoms with van der Waals surface area (Å²) in [5.74, 6) is -0.533. The average Bonchev–Trinajstić information content (AvgIpc) is 2.96. The standard InChI is InChI=1S/C17H16N6O/c1-10(2)22-14-6-15(20-9-13(14)17(19)24)16-4-3-12-5-11(7-18)8-21-23(12)16/h3-6,8-10H,1-2H3,(H2,19,24)(H,20,22). The van der Waals surface area contributed by atoms with Crippen molar-refractivity contribution in [3.63, 3.8) is 0 Å². The van der Waals surface area contributed by atoms with Crippen molar-refractivity contribution in [2.75, 3.05) is 5.32 Å². The van der Waals surface area contributed by atoms with E-state index >= 15 is 0 Å². The van der Waals surface area contributed by atoms with Crippen molar-refractivity contribution < 1.29 is 4.79 Å². The predicted molar refractivity (Wildman–Crippen MR) is 90.4 cm³/mol. The first-order valence-electron chi connectivity index (χ1n) is 7.44. The third kappa shape index (κ3) is 2.77. The van der Waals surface area contributed by atoms with E-state index in [0.717, 1.165) is 11.2 Å². The molecule has 3 heterocycles. The highest BCUT2D eigenvalue weighted by Gasteiger charge is 2.14. The van der Waals surface area contributed by atoms with Crippen molar-refractivity contribution in [2.45, 2.75) is 19.9 Å². The number of nitriles is 1. The molecule has 0 bridgehead atoms. The summed E-state index contributed by atoms with van der Waals surface area (Å²) in [7, 11) is 0. The molecule has 0 radical (unpaired) electrons. The molecule has 3 aromatic heterocycles. The second kappa shape index (κ2) is 6.01. The maximum atomic E-state index is 11.6. The highest BCUT2D eigenvalue weighted by molar-refractivity contribution is 5.98. The summed E-state index contributed by atoms with van der Waals surface area (Å²) in [4.78, 5) is 15.9. The summed E-state index contributed by atoms with van der Waals surface area (Å²) in [6.45, 7) is 3.95. The molecule has 0 saturated heterocycles. The van der Waals surface area contributed by atoms with Crippen LogP contribution in [-0.2, 0) is 0 Å². The molecule has 0 spiro atoms. The number of pyridine rings is 1. The number of hydrogen-bond acceptors (Lipinski definition) is 5. The van der Waals surface area contributed by atoms with Crippen LogP contribution in [0.1, 0.15) is 29.8 Å². The highest BCUT2D eigenvalue weighted by atomic mass is 16.1. The van der Waals surface area contributed by atoms with Crippen molar-refractivity contribution >= 4 is 17.1 Å². The summed E-state index contributed by atoms with van der Waals surface area (Å²) < 4.78 is 1.70. The van der Waals surface area contributed by atoms with E-state index < -0.39 is 5.91 Å². The lowest BCUT2D eigenvalue weighted by Gasteiger charge is -2.14. The van der Waals surface area contributed by atoms with Crippen molar-refractivity contribution in [1.82, 2.24) is 14.6 Å². The Morgan fingerprint density at radius 1 is 1.33 bits per heavy atom. The Morgan fingerprint density at radius 2 is 2.12 bits per heavy atom. The molecule has 3 aromatic rings. The Labute approximate surface area is 138 Å². The van der Waals surface area contributed by atoms with Crippen molar-refractivity contribution in [3.05, 3.63) is 47.8 Å². The van der Waals surface area contributed by atoms with Gasteiger partial charge in [0.05, 0.1) is 39.9 Å². The van der Waals surface area contributed by atoms with Gasteiger partial charge in [-0.05, 0) is 38.1 Å². The maximum absolute atomic E-state index is 11.6. The van der Waals surface area contributed by atoms with Crippen LogP contribution in [0.25, 0.3) is 16.9 Å². The lowest BCUT2D eigenvalue weighted by molar-refractivity contribution is 0.100. The lowest BCUT2D eigenvalue weighted by atomic mass is 10.1. The zero-order valence-electron chi connectivity index (χ0n) is 13.3. The Balaban J connectivity index is 2.13. The summed E-state index contributed by atoms with van der Waals surface area (Å²) in [6, 6.07) is 9.47. The molecule has 0 aromatic carbocycles. The first-order chi connectivity index (χ1) is 11.5. The molecule has 0 aliphatic carbocycles. The fraction of sp³-hybridized carbons (Fsp3) is 0.176. The zero-order chi connectivity index (χ0) is 17.3. The van der Waals surface area contributed by atoms with Gasteiger partial charge in [0.2, 0.25) is 0 Å². The number of nitrogens with zero attached hydrogens (tertiary/aromatic N) is 4. The molecule has 0 aliphatic heterocycles. The van der Waals surface area contributed by atoms with Gasteiger partial charge in [-0.15, -0.1) is 0 Å². The fourth-order valence-electron chi connectivity index (χ4n) is 2.48. The van der Waals surface area contributed by atoms with E-state index in [4.69, 9.17) is 11.0 Å². The SMILES string of the molecule is CC(C)Nc1cc(-c2ccc3cc(C#N)cnn23)ncc1C(N)=O. The number of anilines is 1. The molecule has 24 heavy (non-hydrogen) atoms. The van der Waals surface area contributed by atoms with Crippen LogP contribution in [0.4, 0.5) is 5.69 Å². The van der Waals surface area contributed by atoms with E-state index in [-0.39, 0.29) is 6.04 Å². The number of hydrogen-bond donors (Lipinski definition) is 2. The Bertz CT molecular complexity index is 967. The van der Waals surface area contributed by atoms with Crippen LogP contribution in [0.5, 0.6) is 0 Å². The largest absolute Gasteiger partial charge is 0.382 e. The van der Waals surface area contributed by atoms with Crippen LogP contribution in [0.3, 0.4) is 0 Å². The molecule has 0 aliphatic rings. The molecule has 0 unspecified atom stereocenters. The van der Waals surface area contributed by atoms with E-state index in [1.165, 1.54) is 12.4 Å². The molecule has 7 nitrogen and oxygen atoms in total. The summed E-state index contributed by atoms with van der Waals surface area (Å²) >= 11 is 0. The molecule has 0 fully saturated rings. The average molecular weight is 320 g/mol. The van der Waals surface area contributed by atoms with Crippen molar-refractivity contribution in [2.24, 2.45) is 5.73 Å². The van der Waals surface area contributed by atoms with Crippen LogP contribution >= 0.6 is 0 Å². The highest BCUT2D eigenvalue weighted by Crippen LogP contribution is 2.25. The van der Waals surface area contributed by atoms with Gasteiger partial charge in [0.25, 0.3) is 5.91 Å². The lowest BCUT2D eigenvalue weighted by Crippen LogP contribution is -2.18. The molecule has 120 valence electrons. The smallest absolute Gasteiger partial charge is 0.252 e. The molecule has 0 atom stereocenters. The molecule has 7 heteroatoms. The topological polar surface area (TPSA) is 109 Å². The second-order valence-corrected chi connectivity index (χ2v) is 5.69. The van der Waals surface area contributed by atoms with Gasteiger partial charge in [0.15, 0.2) is 0 Å². The minimum absolute atomic E-state index is 0.138. The number of primary amides is 1. The number of fused-ring (bicyclic) bond motifs is 1. The van der Waals surface area contributed by atoms with Crippen molar-refractivity contribution in [1.29, 1.82) is 5.26 Å². The van der Waals surface area contributed by atoms with Crippen LogP contribution < -0.4 is 11.1 Å². The predicted octanol–water partition coefficient (Wildman–Crippen LogP) is 2.19. The maximum Gasteiger partial charge on any atom is 0.252 e. The van der Waals surface area contributed by atoms with Gasteiger partial charge in [-0.25, -0.2) is 4.52 Å². The van der Waals surface area contributed by atoms with Gasteiger partial charge in [0, 0.05) is 12.2 Å². The van der Waals surface area contributed by atoms with Gasteiger partial charge in [-0.2, -0.15) is 10.4 Å². The van der Waals surface area contributed by atoms with Gasteiger partial charge < -0.3 is 11.1 Å². The fourth-order valence-corrected chi connectivity index (χ4v) is 2.48. The third-order valence-electron chi connectivity index (χ3n) is 3.51. The summed E-state index contributed by atoms with van der Waals surface area (Å²) in [5, 5.41) is 16.4. The minimum Gasteiger partial charge on any atom is -0.382 e. The number of carbonyl (C=O) groups excluding carboxylic acids is 1. The van der Waals surface area contributed by atoms with Gasteiger partial charge >= 0.3 is 0 Å². The Kier molecular flexibility index (Phi) is 3.88. The quantitative estimate of drug-likeness (QED) is 0.766. The van der Waals surface area contributed by atoms with Gasteiger partial charge in [-0.1, -0.05) is 0 Å². The first-order valence-corrected chi connectivity index (χ1v) is 7.44. The molecule has 3 rings (SSSR count). The first kappa shape index (κ1) is 15.5. The molecular formula is C17H16N6O. The van der Waals surface area contributed by atoms with E-state index in [2.05, 4.69) is 21.5 Å². The Morgan fingerprint density at radius 3 is 2.79 bits per heavy atom. The molecule has 0 saturated carbocycles. The van der Waals surface area contributed by atoms with Crippen LogP contribution in [-0.4, -0.2) is 26.5 Å². The monoisotopic (exact) mass is 320 g/mol. The van der Waals surface area contributed by atoms with Crippen molar-refractivity contribution in [3.8, 4) is 17.5 Å². The zero-order valence-corrected chi connectivity index (χ0v) is 13.3. The second-order valence-electron chi connectivity index (χ2n) is 5.69. The number of carbonyl (C=O) groups is 1. The van der Waals surface area contributed by atoms with E-state index in [1.807, 2.05) is 26.0 Å². The molecule has 1 amide bonds. The number of nitrogens with two attached hydrogens (primary N) is 1. The van der Waals surface area contributed by atoms with Crippen LogP contribution in [0, 0.1) is 11.3 Å². The molecule has 3 N–H and O–H groups in total.